The molecule has 2 N–H and O–H groups in total. The molecule has 0 amide bonds. The maximum atomic E-state index is 9.68. The topological polar surface area (TPSA) is 72.8 Å². The molecular weight excluding hydrogens is 248 g/mol. The number of hydrogen-bond acceptors (Lipinski definition) is 6. The van der Waals surface area contributed by atoms with Crippen molar-refractivity contribution in [2.24, 2.45) is 0 Å². The molecule has 6 heteroatoms. The lowest BCUT2D eigenvalue weighted by Gasteiger charge is -2.13. The summed E-state index contributed by atoms with van der Waals surface area (Å²) in [4.78, 5) is 4.10. The van der Waals surface area contributed by atoms with E-state index in [-0.39, 0.29) is 0 Å². The second-order valence-corrected chi connectivity index (χ2v) is 4.02. The molecule has 1 atom stereocenters. The highest BCUT2D eigenvalue weighted by Gasteiger charge is 2.06. The highest BCUT2D eigenvalue weighted by Crippen LogP contribution is 2.12. The van der Waals surface area contributed by atoms with Crippen LogP contribution in [0, 0.1) is 0 Å². The zero-order valence-corrected chi connectivity index (χ0v) is 11.5. The molecule has 6 nitrogen and oxygen atoms in total. The molecule has 0 fully saturated rings. The fourth-order valence-electron chi connectivity index (χ4n) is 1.54. The monoisotopic (exact) mass is 270 g/mol. The SMILES string of the molecule is COCCOCC(O)CNCc1cccnc1OC. The summed E-state index contributed by atoms with van der Waals surface area (Å²) in [6.07, 6.45) is 1.14. The Kier molecular flexibility index (Phi) is 8.08. The van der Waals surface area contributed by atoms with Gasteiger partial charge in [0.2, 0.25) is 5.88 Å². The molecule has 0 aliphatic carbocycles. The molecule has 1 unspecified atom stereocenters. The van der Waals surface area contributed by atoms with Gasteiger partial charge in [0, 0.05) is 32.0 Å². The summed E-state index contributed by atoms with van der Waals surface area (Å²) in [6.45, 7) is 2.36. The molecule has 1 aromatic heterocycles. The second-order valence-electron chi connectivity index (χ2n) is 4.02. The number of nitrogens with zero attached hydrogens (tertiary/aromatic N) is 1. The Hall–Kier alpha value is -1.21. The number of ether oxygens (including phenoxy) is 3. The van der Waals surface area contributed by atoms with E-state index in [1.54, 1.807) is 20.4 Å². The van der Waals surface area contributed by atoms with Crippen molar-refractivity contribution in [2.45, 2.75) is 12.6 Å². The average molecular weight is 270 g/mol. The van der Waals surface area contributed by atoms with E-state index in [2.05, 4.69) is 10.3 Å². The van der Waals surface area contributed by atoms with Crippen molar-refractivity contribution in [1.82, 2.24) is 10.3 Å². The summed E-state index contributed by atoms with van der Waals surface area (Å²) in [5.74, 6) is 0.598. The van der Waals surface area contributed by atoms with Gasteiger partial charge in [0.05, 0.1) is 33.0 Å². The van der Waals surface area contributed by atoms with E-state index >= 15 is 0 Å². The predicted octanol–water partition coefficient (Wildman–Crippen LogP) is 0.204. The summed E-state index contributed by atoms with van der Waals surface area (Å²) in [6, 6.07) is 3.78. The maximum absolute atomic E-state index is 9.68. The van der Waals surface area contributed by atoms with Crippen LogP contribution < -0.4 is 10.1 Å². The van der Waals surface area contributed by atoms with Crippen LogP contribution in [-0.2, 0) is 16.0 Å². The Morgan fingerprint density at radius 3 is 2.95 bits per heavy atom. The second kappa shape index (κ2) is 9.69. The van der Waals surface area contributed by atoms with Crippen LogP contribution in [0.25, 0.3) is 0 Å². The van der Waals surface area contributed by atoms with E-state index in [0.29, 0.717) is 38.8 Å². The Bertz CT molecular complexity index is 349. The minimum Gasteiger partial charge on any atom is -0.481 e. The van der Waals surface area contributed by atoms with Crippen LogP contribution in [0.15, 0.2) is 18.3 Å². The fraction of sp³-hybridized carbons (Fsp3) is 0.615. The van der Waals surface area contributed by atoms with Gasteiger partial charge in [-0.25, -0.2) is 4.98 Å². The van der Waals surface area contributed by atoms with Gasteiger partial charge in [0.15, 0.2) is 0 Å². The third kappa shape index (κ3) is 6.49. The number of aliphatic hydroxyl groups is 1. The first-order valence-electron chi connectivity index (χ1n) is 6.21. The van der Waals surface area contributed by atoms with Crippen LogP contribution in [0.1, 0.15) is 5.56 Å². The molecule has 0 aromatic carbocycles. The third-order valence-electron chi connectivity index (χ3n) is 2.48. The largest absolute Gasteiger partial charge is 0.481 e. The van der Waals surface area contributed by atoms with Gasteiger partial charge in [-0.05, 0) is 6.07 Å². The van der Waals surface area contributed by atoms with Gasteiger partial charge in [0.25, 0.3) is 0 Å². The number of aliphatic hydroxyl groups excluding tert-OH is 1. The van der Waals surface area contributed by atoms with Gasteiger partial charge in [-0.3, -0.25) is 0 Å². The first-order valence-corrected chi connectivity index (χ1v) is 6.21. The maximum Gasteiger partial charge on any atom is 0.217 e. The molecule has 0 spiro atoms. The Labute approximate surface area is 113 Å². The van der Waals surface area contributed by atoms with Gasteiger partial charge >= 0.3 is 0 Å². The van der Waals surface area contributed by atoms with Crippen molar-refractivity contribution in [3.63, 3.8) is 0 Å². The lowest BCUT2D eigenvalue weighted by molar-refractivity contribution is 0.0137. The molecule has 1 heterocycles. The van der Waals surface area contributed by atoms with Gasteiger partial charge in [0.1, 0.15) is 0 Å². The van der Waals surface area contributed by atoms with Crippen molar-refractivity contribution >= 4 is 0 Å². The van der Waals surface area contributed by atoms with E-state index in [1.165, 1.54) is 0 Å². The molecule has 1 aromatic rings. The zero-order valence-electron chi connectivity index (χ0n) is 11.5. The van der Waals surface area contributed by atoms with Crippen LogP contribution >= 0.6 is 0 Å². The first-order chi connectivity index (χ1) is 9.27. The minimum atomic E-state index is -0.542. The highest BCUT2D eigenvalue weighted by atomic mass is 16.5. The Balaban J connectivity index is 2.18. The van der Waals surface area contributed by atoms with E-state index in [4.69, 9.17) is 14.2 Å². The van der Waals surface area contributed by atoms with Crippen LogP contribution in [0.4, 0.5) is 0 Å². The van der Waals surface area contributed by atoms with Crippen LogP contribution in [0.5, 0.6) is 5.88 Å². The summed E-state index contributed by atoms with van der Waals surface area (Å²) >= 11 is 0. The predicted molar refractivity (Wildman–Crippen MR) is 71.2 cm³/mol. The molecule has 0 saturated heterocycles. The van der Waals surface area contributed by atoms with Crippen LogP contribution in [0.3, 0.4) is 0 Å². The lowest BCUT2D eigenvalue weighted by Crippen LogP contribution is -2.30. The smallest absolute Gasteiger partial charge is 0.217 e. The first kappa shape index (κ1) is 15.8. The Morgan fingerprint density at radius 1 is 1.37 bits per heavy atom. The van der Waals surface area contributed by atoms with Crippen molar-refractivity contribution in [2.75, 3.05) is 40.6 Å². The number of aromatic nitrogens is 1. The standard InChI is InChI=1S/C13H22N2O4/c1-17-6-7-19-10-12(16)9-14-8-11-4-3-5-15-13(11)18-2/h3-5,12,14,16H,6-10H2,1-2H3. The lowest BCUT2D eigenvalue weighted by atomic mass is 10.2. The van der Waals surface area contributed by atoms with Gasteiger partial charge in [-0.1, -0.05) is 6.07 Å². The third-order valence-corrected chi connectivity index (χ3v) is 2.48. The highest BCUT2D eigenvalue weighted by molar-refractivity contribution is 5.24. The molecule has 0 aliphatic rings. The number of pyridine rings is 1. The van der Waals surface area contributed by atoms with Crippen molar-refractivity contribution in [3.8, 4) is 5.88 Å². The average Bonchev–Trinajstić information content (AvgIpc) is 2.44. The summed E-state index contributed by atoms with van der Waals surface area (Å²) in [5, 5.41) is 12.8. The van der Waals surface area contributed by atoms with Crippen LogP contribution in [0.2, 0.25) is 0 Å². The molecule has 19 heavy (non-hydrogen) atoms. The van der Waals surface area contributed by atoms with Crippen molar-refractivity contribution < 1.29 is 19.3 Å². The van der Waals surface area contributed by atoms with E-state index in [0.717, 1.165) is 5.56 Å². The summed E-state index contributed by atoms with van der Waals surface area (Å²) in [5.41, 5.74) is 0.956. The molecule has 0 saturated carbocycles. The van der Waals surface area contributed by atoms with E-state index in [9.17, 15) is 5.11 Å². The minimum absolute atomic E-state index is 0.292. The quantitative estimate of drug-likeness (QED) is 0.592. The van der Waals surface area contributed by atoms with Crippen LogP contribution in [-0.4, -0.2) is 56.8 Å². The van der Waals surface area contributed by atoms with E-state index < -0.39 is 6.10 Å². The summed E-state index contributed by atoms with van der Waals surface area (Å²) < 4.78 is 15.2. The summed E-state index contributed by atoms with van der Waals surface area (Å²) in [7, 11) is 3.20. The van der Waals surface area contributed by atoms with Crippen molar-refractivity contribution in [3.05, 3.63) is 23.9 Å². The van der Waals surface area contributed by atoms with Crippen molar-refractivity contribution in [1.29, 1.82) is 0 Å². The number of rotatable bonds is 10. The molecular formula is C13H22N2O4. The molecule has 0 radical (unpaired) electrons. The number of hydrogen-bond donors (Lipinski definition) is 2. The number of methoxy groups -OCH3 is 2. The molecule has 0 aliphatic heterocycles. The molecule has 1 rings (SSSR count). The zero-order chi connectivity index (χ0) is 13.9. The van der Waals surface area contributed by atoms with Gasteiger partial charge in [-0.2, -0.15) is 0 Å². The van der Waals surface area contributed by atoms with Gasteiger partial charge < -0.3 is 24.6 Å². The number of nitrogens with one attached hydrogen (secondary N) is 1. The normalized spacial score (nSPS) is 12.4. The molecule has 108 valence electrons. The molecule has 0 bridgehead atoms. The fourth-order valence-corrected chi connectivity index (χ4v) is 1.54. The Morgan fingerprint density at radius 2 is 2.21 bits per heavy atom. The van der Waals surface area contributed by atoms with Gasteiger partial charge in [-0.15, -0.1) is 0 Å². The van der Waals surface area contributed by atoms with E-state index in [1.807, 2.05) is 12.1 Å².